The lowest BCUT2D eigenvalue weighted by Crippen LogP contribution is -2.46. The van der Waals surface area contributed by atoms with Gasteiger partial charge in [-0.25, -0.2) is 0 Å². The molecule has 0 aliphatic carbocycles. The van der Waals surface area contributed by atoms with Crippen molar-refractivity contribution in [2.24, 2.45) is 5.73 Å². The first kappa shape index (κ1) is 15.6. The molecule has 20 heavy (non-hydrogen) atoms. The number of halogens is 1. The van der Waals surface area contributed by atoms with Crippen LogP contribution in [-0.2, 0) is 4.74 Å². The van der Waals surface area contributed by atoms with Crippen LogP contribution in [-0.4, -0.2) is 44.4 Å². The number of hydrogen-bond donors (Lipinski definition) is 1. The standard InChI is InChI=1S/C15H23ClN2O2/c1-3-12-10-18(6-7-20-12)14(9-17)11-4-5-15(19-2)13(16)8-11/h4-5,8,12,14H,3,6-7,9-10,17H2,1-2H3. The highest BCUT2D eigenvalue weighted by molar-refractivity contribution is 6.32. The summed E-state index contributed by atoms with van der Waals surface area (Å²) in [6.07, 6.45) is 1.32. The van der Waals surface area contributed by atoms with E-state index in [-0.39, 0.29) is 6.04 Å². The minimum absolute atomic E-state index is 0.177. The Balaban J connectivity index is 2.16. The number of morpholine rings is 1. The van der Waals surface area contributed by atoms with Gasteiger partial charge in [-0.15, -0.1) is 0 Å². The minimum Gasteiger partial charge on any atom is -0.495 e. The zero-order valence-corrected chi connectivity index (χ0v) is 12.9. The molecule has 1 aliphatic heterocycles. The second-order valence-corrected chi connectivity index (χ2v) is 5.45. The molecule has 1 aliphatic rings. The quantitative estimate of drug-likeness (QED) is 0.907. The molecule has 0 spiro atoms. The van der Waals surface area contributed by atoms with E-state index in [1.165, 1.54) is 0 Å². The number of hydrogen-bond acceptors (Lipinski definition) is 4. The van der Waals surface area contributed by atoms with E-state index >= 15 is 0 Å². The lowest BCUT2D eigenvalue weighted by Gasteiger charge is -2.38. The molecule has 112 valence electrons. The van der Waals surface area contributed by atoms with Gasteiger partial charge in [0.1, 0.15) is 5.75 Å². The lowest BCUT2D eigenvalue weighted by atomic mass is 10.0. The third-order valence-corrected chi connectivity index (χ3v) is 4.15. The van der Waals surface area contributed by atoms with Gasteiger partial charge in [-0.1, -0.05) is 24.6 Å². The van der Waals surface area contributed by atoms with Crippen LogP contribution in [0, 0.1) is 0 Å². The molecule has 2 N–H and O–H groups in total. The summed E-state index contributed by atoms with van der Waals surface area (Å²) in [6, 6.07) is 6.07. The highest BCUT2D eigenvalue weighted by Crippen LogP contribution is 2.30. The molecule has 0 radical (unpaired) electrons. The molecule has 0 aromatic heterocycles. The molecule has 2 unspecified atom stereocenters. The average molecular weight is 299 g/mol. The smallest absolute Gasteiger partial charge is 0.137 e. The topological polar surface area (TPSA) is 47.7 Å². The van der Waals surface area contributed by atoms with Gasteiger partial charge >= 0.3 is 0 Å². The van der Waals surface area contributed by atoms with E-state index < -0.39 is 0 Å². The molecule has 0 bridgehead atoms. The molecular formula is C15H23ClN2O2. The Hall–Kier alpha value is -0.810. The molecule has 2 atom stereocenters. The highest BCUT2D eigenvalue weighted by Gasteiger charge is 2.26. The Kier molecular flexibility index (Phi) is 5.66. The Labute approximate surface area is 125 Å². The van der Waals surface area contributed by atoms with Gasteiger partial charge in [0.15, 0.2) is 0 Å². The fourth-order valence-electron chi connectivity index (χ4n) is 2.66. The zero-order chi connectivity index (χ0) is 14.5. The summed E-state index contributed by atoms with van der Waals surface area (Å²) in [5, 5.41) is 0.628. The molecule has 5 heteroatoms. The van der Waals surface area contributed by atoms with Crippen molar-refractivity contribution in [1.29, 1.82) is 0 Å². The maximum Gasteiger partial charge on any atom is 0.137 e. The van der Waals surface area contributed by atoms with Gasteiger partial charge in [-0.05, 0) is 24.1 Å². The first-order chi connectivity index (χ1) is 9.69. The second-order valence-electron chi connectivity index (χ2n) is 5.04. The van der Waals surface area contributed by atoms with Crippen molar-refractivity contribution in [3.63, 3.8) is 0 Å². The van der Waals surface area contributed by atoms with Crippen molar-refractivity contribution >= 4 is 11.6 Å². The number of nitrogens with zero attached hydrogens (tertiary/aromatic N) is 1. The van der Waals surface area contributed by atoms with Gasteiger partial charge in [0.25, 0.3) is 0 Å². The second kappa shape index (κ2) is 7.27. The van der Waals surface area contributed by atoms with Crippen molar-refractivity contribution in [2.45, 2.75) is 25.5 Å². The van der Waals surface area contributed by atoms with Gasteiger partial charge in [0.2, 0.25) is 0 Å². The largest absolute Gasteiger partial charge is 0.495 e. The van der Waals surface area contributed by atoms with Crippen molar-refractivity contribution in [2.75, 3.05) is 33.4 Å². The fraction of sp³-hybridized carbons (Fsp3) is 0.600. The number of rotatable bonds is 5. The molecule has 1 aromatic carbocycles. The van der Waals surface area contributed by atoms with Gasteiger partial charge in [0.05, 0.1) is 24.8 Å². The maximum absolute atomic E-state index is 6.22. The number of benzene rings is 1. The summed E-state index contributed by atoms with van der Waals surface area (Å²) in [5.74, 6) is 0.694. The van der Waals surface area contributed by atoms with Gasteiger partial charge in [-0.3, -0.25) is 4.90 Å². The van der Waals surface area contributed by atoms with E-state index in [9.17, 15) is 0 Å². The first-order valence-electron chi connectivity index (χ1n) is 7.08. The van der Waals surface area contributed by atoms with Crippen LogP contribution in [0.2, 0.25) is 5.02 Å². The molecule has 1 saturated heterocycles. The van der Waals surface area contributed by atoms with E-state index in [1.807, 2.05) is 18.2 Å². The summed E-state index contributed by atoms with van der Waals surface area (Å²) in [5.41, 5.74) is 7.12. The van der Waals surface area contributed by atoms with E-state index in [4.69, 9.17) is 26.8 Å². The van der Waals surface area contributed by atoms with Crippen LogP contribution in [0.1, 0.15) is 24.9 Å². The maximum atomic E-state index is 6.22. The molecule has 1 aromatic rings. The van der Waals surface area contributed by atoms with Gasteiger partial charge in [0, 0.05) is 25.7 Å². The Bertz CT molecular complexity index is 442. The van der Waals surface area contributed by atoms with E-state index in [2.05, 4.69) is 11.8 Å². The molecule has 2 rings (SSSR count). The summed E-state index contributed by atoms with van der Waals surface area (Å²) in [7, 11) is 1.62. The van der Waals surface area contributed by atoms with Crippen molar-refractivity contribution in [1.82, 2.24) is 4.90 Å². The highest BCUT2D eigenvalue weighted by atomic mass is 35.5. The van der Waals surface area contributed by atoms with Crippen LogP contribution < -0.4 is 10.5 Å². The molecular weight excluding hydrogens is 276 g/mol. The molecule has 4 nitrogen and oxygen atoms in total. The average Bonchev–Trinajstić information content (AvgIpc) is 2.48. The van der Waals surface area contributed by atoms with Crippen molar-refractivity contribution in [3.05, 3.63) is 28.8 Å². The van der Waals surface area contributed by atoms with Crippen LogP contribution in [0.5, 0.6) is 5.75 Å². The normalized spacial score (nSPS) is 21.7. The third-order valence-electron chi connectivity index (χ3n) is 3.85. The monoisotopic (exact) mass is 298 g/mol. The molecule has 0 amide bonds. The number of methoxy groups -OCH3 is 1. The molecule has 1 heterocycles. The van der Waals surface area contributed by atoms with Crippen LogP contribution in [0.4, 0.5) is 0 Å². The molecule has 1 fully saturated rings. The Morgan fingerprint density at radius 2 is 2.35 bits per heavy atom. The van der Waals surface area contributed by atoms with E-state index in [1.54, 1.807) is 7.11 Å². The molecule has 0 saturated carbocycles. The predicted molar refractivity (Wildman–Crippen MR) is 81.4 cm³/mol. The zero-order valence-electron chi connectivity index (χ0n) is 12.1. The van der Waals surface area contributed by atoms with Crippen LogP contribution in [0.25, 0.3) is 0 Å². The number of nitrogens with two attached hydrogens (primary N) is 1. The summed E-state index contributed by atoms with van der Waals surface area (Å²) < 4.78 is 10.9. The van der Waals surface area contributed by atoms with Gasteiger partial charge in [-0.2, -0.15) is 0 Å². The van der Waals surface area contributed by atoms with Crippen LogP contribution in [0.3, 0.4) is 0 Å². The summed E-state index contributed by atoms with van der Waals surface area (Å²) in [6.45, 7) is 5.30. The predicted octanol–water partition coefficient (Wildman–Crippen LogP) is 2.46. The lowest BCUT2D eigenvalue weighted by molar-refractivity contribution is -0.0437. The van der Waals surface area contributed by atoms with E-state index in [0.717, 1.165) is 31.7 Å². The first-order valence-corrected chi connectivity index (χ1v) is 7.46. The Morgan fingerprint density at radius 1 is 1.55 bits per heavy atom. The summed E-state index contributed by atoms with van der Waals surface area (Å²) in [4.78, 5) is 2.38. The Morgan fingerprint density at radius 3 is 2.95 bits per heavy atom. The third kappa shape index (κ3) is 3.44. The van der Waals surface area contributed by atoms with Crippen molar-refractivity contribution in [3.8, 4) is 5.75 Å². The van der Waals surface area contributed by atoms with Crippen LogP contribution in [0.15, 0.2) is 18.2 Å². The fourth-order valence-corrected chi connectivity index (χ4v) is 2.92. The van der Waals surface area contributed by atoms with Crippen LogP contribution >= 0.6 is 11.6 Å². The number of ether oxygens (including phenoxy) is 2. The minimum atomic E-state index is 0.177. The van der Waals surface area contributed by atoms with E-state index in [0.29, 0.717) is 23.4 Å². The van der Waals surface area contributed by atoms with Gasteiger partial charge < -0.3 is 15.2 Å². The van der Waals surface area contributed by atoms with Crippen molar-refractivity contribution < 1.29 is 9.47 Å². The summed E-state index contributed by atoms with van der Waals surface area (Å²) >= 11 is 6.22. The SMILES string of the molecule is CCC1CN(C(CN)c2ccc(OC)c(Cl)c2)CCO1.